The van der Waals surface area contributed by atoms with Gasteiger partial charge in [-0.3, -0.25) is 4.40 Å². The van der Waals surface area contributed by atoms with E-state index in [9.17, 15) is 4.39 Å². The molecule has 2 atom stereocenters. The molecule has 1 aromatic carbocycles. The van der Waals surface area contributed by atoms with Crippen molar-refractivity contribution in [3.63, 3.8) is 0 Å². The lowest BCUT2D eigenvalue weighted by molar-refractivity contribution is 0.0974. The Morgan fingerprint density at radius 1 is 1.30 bits per heavy atom. The minimum atomic E-state index is -0.448. The standard InChI is InChI=1S/C22H25ClFN5O/c1-13-19(15-4-3-5-16(23)18(15)24)29-12-26-10-17(29)21(27-13)28-8-6-22(7-9-28)11-30-14(2)20(22)25/h3-5,10,12,14,20H,6-9,11,25H2,1-2H3. The maximum Gasteiger partial charge on any atom is 0.154 e. The second kappa shape index (κ2) is 7.18. The molecule has 0 radical (unpaired) electrons. The number of benzene rings is 1. The quantitative estimate of drug-likeness (QED) is 0.670. The van der Waals surface area contributed by atoms with Gasteiger partial charge in [0, 0.05) is 30.1 Å². The summed E-state index contributed by atoms with van der Waals surface area (Å²) in [4.78, 5) is 11.5. The number of rotatable bonds is 2. The van der Waals surface area contributed by atoms with Gasteiger partial charge >= 0.3 is 0 Å². The van der Waals surface area contributed by atoms with Crippen LogP contribution >= 0.6 is 11.6 Å². The minimum absolute atomic E-state index is 0.0470. The Morgan fingerprint density at radius 3 is 2.77 bits per heavy atom. The van der Waals surface area contributed by atoms with Crippen molar-refractivity contribution in [3.05, 3.63) is 47.3 Å². The molecule has 1 spiro atoms. The Hall–Kier alpha value is -2.22. The number of imidazole rings is 1. The molecular formula is C22H25ClFN5O. The maximum absolute atomic E-state index is 14.8. The Bertz CT molecular complexity index is 1110. The number of anilines is 1. The molecule has 0 saturated carbocycles. The minimum Gasteiger partial charge on any atom is -0.376 e. The van der Waals surface area contributed by atoms with Crippen LogP contribution < -0.4 is 10.6 Å². The summed E-state index contributed by atoms with van der Waals surface area (Å²) in [6.45, 7) is 6.38. The summed E-state index contributed by atoms with van der Waals surface area (Å²) in [5.41, 5.74) is 9.18. The van der Waals surface area contributed by atoms with Crippen LogP contribution in [0.4, 0.5) is 10.2 Å². The van der Waals surface area contributed by atoms with Gasteiger partial charge in [-0.2, -0.15) is 0 Å². The first-order valence-electron chi connectivity index (χ1n) is 10.3. The summed E-state index contributed by atoms with van der Waals surface area (Å²) in [7, 11) is 0. The highest BCUT2D eigenvalue weighted by Crippen LogP contribution is 2.42. The normalized spacial score (nSPS) is 23.6. The van der Waals surface area contributed by atoms with E-state index in [1.807, 2.05) is 11.3 Å². The van der Waals surface area contributed by atoms with Gasteiger partial charge in [0.15, 0.2) is 11.6 Å². The second-order valence-electron chi connectivity index (χ2n) is 8.51. The molecule has 2 N–H and O–H groups in total. The summed E-state index contributed by atoms with van der Waals surface area (Å²) < 4.78 is 22.5. The van der Waals surface area contributed by atoms with E-state index in [0.29, 0.717) is 11.3 Å². The predicted octanol–water partition coefficient (Wildman–Crippen LogP) is 3.83. The van der Waals surface area contributed by atoms with Crippen molar-refractivity contribution in [1.29, 1.82) is 0 Å². The lowest BCUT2D eigenvalue weighted by Gasteiger charge is -2.41. The van der Waals surface area contributed by atoms with Crippen molar-refractivity contribution < 1.29 is 9.13 Å². The van der Waals surface area contributed by atoms with Gasteiger partial charge in [0.2, 0.25) is 0 Å². The number of aryl methyl sites for hydroxylation is 1. The Labute approximate surface area is 179 Å². The van der Waals surface area contributed by atoms with E-state index < -0.39 is 5.82 Å². The zero-order valence-corrected chi connectivity index (χ0v) is 17.9. The van der Waals surface area contributed by atoms with Gasteiger partial charge < -0.3 is 15.4 Å². The van der Waals surface area contributed by atoms with E-state index in [0.717, 1.165) is 49.6 Å². The van der Waals surface area contributed by atoms with E-state index >= 15 is 0 Å². The number of aromatic nitrogens is 3. The molecule has 2 aliphatic heterocycles. The molecule has 2 aromatic heterocycles. The van der Waals surface area contributed by atoms with E-state index in [4.69, 9.17) is 27.1 Å². The molecule has 0 amide bonds. The van der Waals surface area contributed by atoms with Crippen molar-refractivity contribution in [2.75, 3.05) is 24.6 Å². The topological polar surface area (TPSA) is 68.7 Å². The van der Waals surface area contributed by atoms with Gasteiger partial charge in [0.05, 0.1) is 41.6 Å². The Balaban J connectivity index is 1.52. The molecule has 0 bridgehead atoms. The van der Waals surface area contributed by atoms with Gasteiger partial charge in [0.25, 0.3) is 0 Å². The smallest absolute Gasteiger partial charge is 0.154 e. The number of hydrogen-bond acceptors (Lipinski definition) is 5. The summed E-state index contributed by atoms with van der Waals surface area (Å²) >= 11 is 6.03. The summed E-state index contributed by atoms with van der Waals surface area (Å²) in [6.07, 6.45) is 5.51. The molecule has 2 saturated heterocycles. The molecule has 6 nitrogen and oxygen atoms in total. The average Bonchev–Trinajstić information content (AvgIpc) is 3.32. The van der Waals surface area contributed by atoms with Crippen molar-refractivity contribution in [2.24, 2.45) is 11.1 Å². The summed E-state index contributed by atoms with van der Waals surface area (Å²) in [6, 6.07) is 5.08. The van der Waals surface area contributed by atoms with Crippen LogP contribution in [0.5, 0.6) is 0 Å². The fraction of sp³-hybridized carbons (Fsp3) is 0.455. The van der Waals surface area contributed by atoms with Crippen LogP contribution in [0.2, 0.25) is 5.02 Å². The number of piperidine rings is 1. The lowest BCUT2D eigenvalue weighted by atomic mass is 9.73. The van der Waals surface area contributed by atoms with Gasteiger partial charge in [0.1, 0.15) is 5.52 Å². The third-order valence-corrected chi connectivity index (χ3v) is 7.13. The van der Waals surface area contributed by atoms with Crippen molar-refractivity contribution in [1.82, 2.24) is 14.4 Å². The third kappa shape index (κ3) is 2.91. The van der Waals surface area contributed by atoms with E-state index in [1.165, 1.54) is 0 Å². The summed E-state index contributed by atoms with van der Waals surface area (Å²) in [5.74, 6) is 0.419. The third-order valence-electron chi connectivity index (χ3n) is 6.84. The molecule has 2 aliphatic rings. The highest BCUT2D eigenvalue weighted by atomic mass is 35.5. The first kappa shape index (κ1) is 19.7. The Morgan fingerprint density at radius 2 is 2.07 bits per heavy atom. The second-order valence-corrected chi connectivity index (χ2v) is 8.92. The first-order chi connectivity index (χ1) is 14.4. The van der Waals surface area contributed by atoms with Crippen LogP contribution in [0.15, 0.2) is 30.7 Å². The van der Waals surface area contributed by atoms with Crippen LogP contribution in [0.3, 0.4) is 0 Å². The van der Waals surface area contributed by atoms with Crippen molar-refractivity contribution in [3.8, 4) is 11.3 Å². The van der Waals surface area contributed by atoms with Crippen LogP contribution in [0.1, 0.15) is 25.5 Å². The van der Waals surface area contributed by atoms with Crippen LogP contribution in [-0.2, 0) is 4.74 Å². The van der Waals surface area contributed by atoms with Crippen LogP contribution in [-0.4, -0.2) is 46.2 Å². The number of nitrogens with zero attached hydrogens (tertiary/aromatic N) is 4. The molecule has 30 heavy (non-hydrogen) atoms. The largest absolute Gasteiger partial charge is 0.376 e. The first-order valence-corrected chi connectivity index (χ1v) is 10.7. The molecular weight excluding hydrogens is 405 g/mol. The maximum atomic E-state index is 14.8. The molecule has 0 aliphatic carbocycles. The molecule has 5 rings (SSSR count). The fourth-order valence-corrected chi connectivity index (χ4v) is 5.14. The lowest BCUT2D eigenvalue weighted by Crippen LogP contribution is -2.50. The molecule has 3 aromatic rings. The van der Waals surface area contributed by atoms with E-state index in [-0.39, 0.29) is 22.6 Å². The molecule has 2 fully saturated rings. The Kier molecular flexibility index (Phi) is 4.72. The van der Waals surface area contributed by atoms with Gasteiger partial charge in [-0.25, -0.2) is 14.4 Å². The number of ether oxygens (including phenoxy) is 1. The molecule has 8 heteroatoms. The highest BCUT2D eigenvalue weighted by Gasteiger charge is 2.47. The molecule has 2 unspecified atom stereocenters. The number of halogens is 2. The predicted molar refractivity (Wildman–Crippen MR) is 115 cm³/mol. The van der Waals surface area contributed by atoms with Crippen molar-refractivity contribution in [2.45, 2.75) is 38.8 Å². The zero-order valence-electron chi connectivity index (χ0n) is 17.1. The monoisotopic (exact) mass is 429 g/mol. The molecule has 4 heterocycles. The number of nitrogens with two attached hydrogens (primary N) is 1. The van der Waals surface area contributed by atoms with Crippen LogP contribution in [0.25, 0.3) is 16.8 Å². The van der Waals surface area contributed by atoms with E-state index in [1.54, 1.807) is 30.7 Å². The number of fused-ring (bicyclic) bond motifs is 1. The molecule has 158 valence electrons. The van der Waals surface area contributed by atoms with Crippen LogP contribution in [0, 0.1) is 18.2 Å². The SMILES string of the molecule is Cc1nc(N2CCC3(CC2)COC(C)C3N)c2cncn2c1-c1cccc(Cl)c1F. The average molecular weight is 430 g/mol. The van der Waals surface area contributed by atoms with Gasteiger partial charge in [-0.15, -0.1) is 0 Å². The number of hydrogen-bond donors (Lipinski definition) is 1. The van der Waals surface area contributed by atoms with Gasteiger partial charge in [-0.1, -0.05) is 17.7 Å². The van der Waals surface area contributed by atoms with Crippen molar-refractivity contribution >= 4 is 22.9 Å². The fourth-order valence-electron chi connectivity index (χ4n) is 4.96. The van der Waals surface area contributed by atoms with E-state index in [2.05, 4.69) is 16.8 Å². The van der Waals surface area contributed by atoms with Gasteiger partial charge in [-0.05, 0) is 38.8 Å². The summed E-state index contributed by atoms with van der Waals surface area (Å²) in [5, 5.41) is 0.0925. The zero-order chi connectivity index (χ0) is 21.0. The highest BCUT2D eigenvalue weighted by molar-refractivity contribution is 6.31.